The summed E-state index contributed by atoms with van der Waals surface area (Å²) in [6.07, 6.45) is 2.50. The molecule has 0 aliphatic rings. The summed E-state index contributed by atoms with van der Waals surface area (Å²) in [7, 11) is 0. The number of aromatic nitrogens is 2. The Morgan fingerprint density at radius 1 is 1.18 bits per heavy atom. The van der Waals surface area contributed by atoms with Crippen LogP contribution in [0.25, 0.3) is 0 Å². The Bertz CT molecular complexity index is 332. The predicted molar refractivity (Wildman–Crippen MR) is 72.1 cm³/mol. The Balaban J connectivity index is 2.48. The molecule has 0 spiro atoms. The smallest absolute Gasteiger partial charge is 0.131 e. The normalized spacial score (nSPS) is 11.3. The molecule has 5 heteroatoms. The summed E-state index contributed by atoms with van der Waals surface area (Å²) in [6, 6.07) is 1.92. The van der Waals surface area contributed by atoms with Gasteiger partial charge in [-0.2, -0.15) is 0 Å². The average Bonchev–Trinajstić information content (AvgIpc) is 2.27. The van der Waals surface area contributed by atoms with E-state index in [1.807, 2.05) is 6.07 Å². The first-order valence-electron chi connectivity index (χ1n) is 6.01. The van der Waals surface area contributed by atoms with E-state index in [1.165, 1.54) is 0 Å². The highest BCUT2D eigenvalue weighted by molar-refractivity contribution is 5.46. The van der Waals surface area contributed by atoms with Crippen molar-refractivity contribution >= 4 is 11.6 Å². The van der Waals surface area contributed by atoms with Gasteiger partial charge in [0.1, 0.15) is 18.0 Å². The Labute approximate surface area is 103 Å². The molecule has 96 valence electrons. The van der Waals surface area contributed by atoms with E-state index < -0.39 is 0 Å². The van der Waals surface area contributed by atoms with Crippen LogP contribution in [0.3, 0.4) is 0 Å². The SMILES string of the molecule is CC(C)(C)CNc1cc(NCCCN)ncn1. The van der Waals surface area contributed by atoms with Crippen LogP contribution in [0.1, 0.15) is 27.2 Å². The highest BCUT2D eigenvalue weighted by atomic mass is 15.1. The molecule has 5 nitrogen and oxygen atoms in total. The number of nitrogens with two attached hydrogens (primary N) is 1. The molecule has 17 heavy (non-hydrogen) atoms. The highest BCUT2D eigenvalue weighted by Crippen LogP contribution is 2.15. The monoisotopic (exact) mass is 237 g/mol. The molecule has 1 rings (SSSR count). The molecular weight excluding hydrogens is 214 g/mol. The molecule has 0 aromatic carbocycles. The average molecular weight is 237 g/mol. The topological polar surface area (TPSA) is 75.9 Å². The van der Waals surface area contributed by atoms with E-state index in [1.54, 1.807) is 6.33 Å². The van der Waals surface area contributed by atoms with Gasteiger partial charge in [-0.1, -0.05) is 20.8 Å². The van der Waals surface area contributed by atoms with Gasteiger partial charge >= 0.3 is 0 Å². The number of hydrogen-bond donors (Lipinski definition) is 3. The fourth-order valence-electron chi connectivity index (χ4n) is 1.22. The van der Waals surface area contributed by atoms with Crippen LogP contribution in [0.2, 0.25) is 0 Å². The molecule has 0 radical (unpaired) electrons. The van der Waals surface area contributed by atoms with E-state index in [0.29, 0.717) is 6.54 Å². The maximum absolute atomic E-state index is 5.43. The first-order chi connectivity index (χ1) is 8.01. The Morgan fingerprint density at radius 3 is 2.41 bits per heavy atom. The van der Waals surface area contributed by atoms with Crippen molar-refractivity contribution in [1.82, 2.24) is 9.97 Å². The fraction of sp³-hybridized carbons (Fsp3) is 0.667. The summed E-state index contributed by atoms with van der Waals surface area (Å²) in [5.74, 6) is 1.69. The van der Waals surface area contributed by atoms with Crippen LogP contribution >= 0.6 is 0 Å². The summed E-state index contributed by atoms with van der Waals surface area (Å²) >= 11 is 0. The fourth-order valence-corrected chi connectivity index (χ4v) is 1.22. The van der Waals surface area contributed by atoms with E-state index >= 15 is 0 Å². The van der Waals surface area contributed by atoms with Crippen LogP contribution in [-0.4, -0.2) is 29.6 Å². The lowest BCUT2D eigenvalue weighted by molar-refractivity contribution is 0.442. The minimum atomic E-state index is 0.234. The second kappa shape index (κ2) is 6.39. The molecule has 1 aromatic heterocycles. The molecule has 0 aliphatic carbocycles. The molecule has 1 aromatic rings. The second-order valence-corrected chi connectivity index (χ2v) is 5.27. The zero-order valence-corrected chi connectivity index (χ0v) is 11.0. The lowest BCUT2D eigenvalue weighted by Crippen LogP contribution is -2.19. The zero-order valence-electron chi connectivity index (χ0n) is 11.0. The summed E-state index contributed by atoms with van der Waals surface area (Å²) in [5.41, 5.74) is 5.67. The van der Waals surface area contributed by atoms with Gasteiger partial charge in [0.25, 0.3) is 0 Å². The zero-order chi connectivity index (χ0) is 12.7. The minimum Gasteiger partial charge on any atom is -0.370 e. The van der Waals surface area contributed by atoms with E-state index in [4.69, 9.17) is 5.73 Å². The van der Waals surface area contributed by atoms with E-state index in [0.717, 1.165) is 31.1 Å². The summed E-state index contributed by atoms with van der Waals surface area (Å²) < 4.78 is 0. The number of rotatable bonds is 6. The molecule has 0 amide bonds. The quantitative estimate of drug-likeness (QED) is 0.656. The van der Waals surface area contributed by atoms with Gasteiger partial charge in [-0.05, 0) is 18.4 Å². The van der Waals surface area contributed by atoms with E-state index in [2.05, 4.69) is 41.4 Å². The number of hydrogen-bond acceptors (Lipinski definition) is 5. The van der Waals surface area contributed by atoms with Crippen molar-refractivity contribution in [2.24, 2.45) is 11.1 Å². The first-order valence-corrected chi connectivity index (χ1v) is 6.01. The van der Waals surface area contributed by atoms with Gasteiger partial charge in [0.15, 0.2) is 0 Å². The molecule has 0 fully saturated rings. The Kier molecular flexibility index (Phi) is 5.15. The molecule has 0 saturated heterocycles. The van der Waals surface area contributed by atoms with Crippen molar-refractivity contribution in [2.45, 2.75) is 27.2 Å². The molecule has 0 aliphatic heterocycles. The van der Waals surface area contributed by atoms with Crippen LogP contribution < -0.4 is 16.4 Å². The first kappa shape index (κ1) is 13.7. The molecule has 0 bridgehead atoms. The lowest BCUT2D eigenvalue weighted by atomic mass is 9.97. The predicted octanol–water partition coefficient (Wildman–Crippen LogP) is 1.70. The van der Waals surface area contributed by atoms with E-state index in [9.17, 15) is 0 Å². The third-order valence-electron chi connectivity index (χ3n) is 2.15. The standard InChI is InChI=1S/C12H23N5/c1-12(2,3)8-15-11-7-10(16-9-17-11)14-6-4-5-13/h7,9H,4-6,8,13H2,1-3H3,(H2,14,15,16,17). The summed E-state index contributed by atoms with van der Waals surface area (Å²) in [5, 5.41) is 6.51. The molecule has 4 N–H and O–H groups in total. The summed E-state index contributed by atoms with van der Waals surface area (Å²) in [6.45, 7) is 8.95. The van der Waals surface area contributed by atoms with Crippen molar-refractivity contribution in [3.05, 3.63) is 12.4 Å². The number of nitrogens with one attached hydrogen (secondary N) is 2. The molecule has 1 heterocycles. The number of anilines is 2. The van der Waals surface area contributed by atoms with Gasteiger partial charge in [0.05, 0.1) is 0 Å². The van der Waals surface area contributed by atoms with Gasteiger partial charge in [0, 0.05) is 19.2 Å². The van der Waals surface area contributed by atoms with Crippen LogP contribution in [0.15, 0.2) is 12.4 Å². The van der Waals surface area contributed by atoms with Gasteiger partial charge in [-0.15, -0.1) is 0 Å². The third-order valence-corrected chi connectivity index (χ3v) is 2.15. The highest BCUT2D eigenvalue weighted by Gasteiger charge is 2.09. The maximum atomic E-state index is 5.43. The van der Waals surface area contributed by atoms with Gasteiger partial charge in [0.2, 0.25) is 0 Å². The summed E-state index contributed by atoms with van der Waals surface area (Å²) in [4.78, 5) is 8.34. The van der Waals surface area contributed by atoms with Crippen LogP contribution in [0.4, 0.5) is 11.6 Å². The third kappa shape index (κ3) is 6.06. The largest absolute Gasteiger partial charge is 0.370 e. The van der Waals surface area contributed by atoms with Crippen molar-refractivity contribution < 1.29 is 0 Å². The Morgan fingerprint density at radius 2 is 1.82 bits per heavy atom. The van der Waals surface area contributed by atoms with Crippen molar-refractivity contribution in [3.63, 3.8) is 0 Å². The van der Waals surface area contributed by atoms with Crippen molar-refractivity contribution in [3.8, 4) is 0 Å². The molecule has 0 unspecified atom stereocenters. The van der Waals surface area contributed by atoms with Crippen molar-refractivity contribution in [2.75, 3.05) is 30.3 Å². The van der Waals surface area contributed by atoms with Gasteiger partial charge in [-0.25, -0.2) is 9.97 Å². The van der Waals surface area contributed by atoms with Crippen LogP contribution in [0, 0.1) is 5.41 Å². The van der Waals surface area contributed by atoms with Gasteiger partial charge < -0.3 is 16.4 Å². The Hall–Kier alpha value is -1.36. The maximum Gasteiger partial charge on any atom is 0.131 e. The lowest BCUT2D eigenvalue weighted by Gasteiger charge is -2.19. The molecular formula is C12H23N5. The molecule has 0 saturated carbocycles. The van der Waals surface area contributed by atoms with Crippen LogP contribution in [-0.2, 0) is 0 Å². The minimum absolute atomic E-state index is 0.234. The van der Waals surface area contributed by atoms with Gasteiger partial charge in [-0.3, -0.25) is 0 Å². The van der Waals surface area contributed by atoms with Crippen LogP contribution in [0.5, 0.6) is 0 Å². The van der Waals surface area contributed by atoms with Crippen molar-refractivity contribution in [1.29, 1.82) is 0 Å². The van der Waals surface area contributed by atoms with E-state index in [-0.39, 0.29) is 5.41 Å². The number of nitrogens with zero attached hydrogens (tertiary/aromatic N) is 2. The molecule has 0 atom stereocenters. The second-order valence-electron chi connectivity index (χ2n) is 5.27.